The molecule has 0 fully saturated rings. The largest absolute Gasteiger partial charge is 0.492 e. The van der Waals surface area contributed by atoms with Gasteiger partial charge in [-0.3, -0.25) is 4.79 Å². The summed E-state index contributed by atoms with van der Waals surface area (Å²) < 4.78 is 16.5. The van der Waals surface area contributed by atoms with E-state index in [-0.39, 0.29) is 12.6 Å². The number of aromatic nitrogens is 1. The Hall–Kier alpha value is -3.33. The van der Waals surface area contributed by atoms with E-state index in [9.17, 15) is 4.79 Å². The third-order valence-electron chi connectivity index (χ3n) is 3.94. The number of carbonyl (C=O) groups is 1. The van der Waals surface area contributed by atoms with Crippen molar-refractivity contribution in [1.29, 1.82) is 5.26 Å². The summed E-state index contributed by atoms with van der Waals surface area (Å²) in [4.78, 5) is 16.0. The van der Waals surface area contributed by atoms with Crippen molar-refractivity contribution >= 4 is 17.1 Å². The summed E-state index contributed by atoms with van der Waals surface area (Å²) in [5.74, 6) is -0.113. The molecule has 0 saturated heterocycles. The number of hydrogen-bond acceptors (Lipinski definition) is 6. The maximum atomic E-state index is 11.8. The van der Waals surface area contributed by atoms with E-state index in [2.05, 4.69) is 11.1 Å². The van der Waals surface area contributed by atoms with E-state index in [4.69, 9.17) is 19.2 Å². The molecule has 1 aromatic heterocycles. The number of benzene rings is 2. The van der Waals surface area contributed by atoms with E-state index in [0.717, 1.165) is 11.1 Å². The highest BCUT2D eigenvalue weighted by molar-refractivity contribution is 5.94. The third-order valence-corrected chi connectivity index (χ3v) is 3.94. The first kappa shape index (κ1) is 17.5. The van der Waals surface area contributed by atoms with Gasteiger partial charge in [0, 0.05) is 0 Å². The minimum absolute atomic E-state index is 0.182. The molecule has 0 amide bonds. The lowest BCUT2D eigenvalue weighted by Gasteiger charge is -2.15. The van der Waals surface area contributed by atoms with Gasteiger partial charge >= 0.3 is 5.97 Å². The lowest BCUT2D eigenvalue weighted by atomic mass is 10.0. The van der Waals surface area contributed by atoms with Crippen molar-refractivity contribution in [3.05, 3.63) is 48.4 Å². The molecule has 1 unspecified atom stereocenters. The summed E-state index contributed by atoms with van der Waals surface area (Å²) in [6.07, 6.45) is 1.38. The molecule has 1 atom stereocenters. The fraction of sp³-hybridized carbons (Fsp3) is 0.250. The van der Waals surface area contributed by atoms with Crippen LogP contribution in [0.3, 0.4) is 0 Å². The highest BCUT2D eigenvalue weighted by atomic mass is 16.5. The number of nitriles is 1. The lowest BCUT2D eigenvalue weighted by molar-refractivity contribution is -0.148. The number of hydrogen-bond donors (Lipinski definition) is 0. The van der Waals surface area contributed by atoms with Crippen LogP contribution >= 0.6 is 0 Å². The fourth-order valence-corrected chi connectivity index (χ4v) is 2.58. The summed E-state index contributed by atoms with van der Waals surface area (Å²) in [6, 6.07) is 12.8. The maximum Gasteiger partial charge on any atom is 0.312 e. The number of ether oxygens (including phenoxy) is 2. The average molecular weight is 350 g/mol. The summed E-state index contributed by atoms with van der Waals surface area (Å²) in [5, 5.41) is 8.99. The number of rotatable bonds is 6. The first-order chi connectivity index (χ1) is 12.6. The van der Waals surface area contributed by atoms with Gasteiger partial charge in [-0.1, -0.05) is 12.1 Å². The SMILES string of the molecule is CCOC(=O)C(C)COc1ccc2ncoc2c1-c1ccc(C#N)cc1. The summed E-state index contributed by atoms with van der Waals surface area (Å²) >= 11 is 0. The van der Waals surface area contributed by atoms with Gasteiger partial charge in [0.05, 0.1) is 29.7 Å². The molecule has 0 aliphatic carbocycles. The molecule has 3 rings (SSSR count). The van der Waals surface area contributed by atoms with Gasteiger partial charge in [0.25, 0.3) is 0 Å². The Morgan fingerprint density at radius 3 is 2.73 bits per heavy atom. The predicted molar refractivity (Wildman–Crippen MR) is 95.5 cm³/mol. The van der Waals surface area contributed by atoms with E-state index >= 15 is 0 Å². The lowest BCUT2D eigenvalue weighted by Crippen LogP contribution is -2.21. The normalized spacial score (nSPS) is 11.7. The van der Waals surface area contributed by atoms with Crippen molar-refractivity contribution in [2.75, 3.05) is 13.2 Å². The molecular weight excluding hydrogens is 332 g/mol. The van der Waals surface area contributed by atoms with Crippen LogP contribution in [0.2, 0.25) is 0 Å². The van der Waals surface area contributed by atoms with E-state index in [0.29, 0.717) is 29.0 Å². The topological polar surface area (TPSA) is 85.3 Å². The molecule has 26 heavy (non-hydrogen) atoms. The molecule has 2 aromatic carbocycles. The maximum absolute atomic E-state index is 11.8. The molecule has 1 heterocycles. The summed E-state index contributed by atoms with van der Waals surface area (Å²) in [5.41, 5.74) is 3.44. The minimum atomic E-state index is -0.394. The molecule has 6 nitrogen and oxygen atoms in total. The molecule has 3 aromatic rings. The van der Waals surface area contributed by atoms with Crippen molar-refractivity contribution in [1.82, 2.24) is 4.98 Å². The Kier molecular flexibility index (Phi) is 5.18. The van der Waals surface area contributed by atoms with E-state index in [1.54, 1.807) is 38.1 Å². The molecule has 132 valence electrons. The number of nitrogens with zero attached hydrogens (tertiary/aromatic N) is 2. The van der Waals surface area contributed by atoms with Gasteiger partial charge in [-0.05, 0) is 43.7 Å². The highest BCUT2D eigenvalue weighted by Gasteiger charge is 2.19. The number of esters is 1. The average Bonchev–Trinajstić information content (AvgIpc) is 3.14. The van der Waals surface area contributed by atoms with Gasteiger partial charge in [-0.25, -0.2) is 4.98 Å². The number of carbonyl (C=O) groups excluding carboxylic acids is 1. The fourth-order valence-electron chi connectivity index (χ4n) is 2.58. The van der Waals surface area contributed by atoms with E-state index in [1.165, 1.54) is 6.39 Å². The van der Waals surface area contributed by atoms with Crippen LogP contribution in [0, 0.1) is 17.2 Å². The molecule has 6 heteroatoms. The van der Waals surface area contributed by atoms with Crippen LogP contribution in [0.5, 0.6) is 5.75 Å². The molecule has 0 aliphatic heterocycles. The molecule has 0 N–H and O–H groups in total. The van der Waals surface area contributed by atoms with Crippen LogP contribution in [-0.4, -0.2) is 24.2 Å². The second kappa shape index (κ2) is 7.70. The van der Waals surface area contributed by atoms with Gasteiger partial charge in [0.15, 0.2) is 12.0 Å². The highest BCUT2D eigenvalue weighted by Crippen LogP contribution is 2.37. The third kappa shape index (κ3) is 3.52. The van der Waals surface area contributed by atoms with Crippen LogP contribution in [-0.2, 0) is 9.53 Å². The monoisotopic (exact) mass is 350 g/mol. The zero-order chi connectivity index (χ0) is 18.5. The van der Waals surface area contributed by atoms with Gasteiger partial charge in [-0.15, -0.1) is 0 Å². The summed E-state index contributed by atoms with van der Waals surface area (Å²) in [7, 11) is 0. The molecule has 0 saturated carbocycles. The minimum Gasteiger partial charge on any atom is -0.492 e. The van der Waals surface area contributed by atoms with Gasteiger partial charge < -0.3 is 13.9 Å². The van der Waals surface area contributed by atoms with Crippen molar-refractivity contribution < 1.29 is 18.7 Å². The predicted octanol–water partition coefficient (Wildman–Crippen LogP) is 3.94. The smallest absolute Gasteiger partial charge is 0.312 e. The number of fused-ring (bicyclic) bond motifs is 1. The Morgan fingerprint density at radius 1 is 1.27 bits per heavy atom. The molecular formula is C20H18N2O4. The van der Waals surface area contributed by atoms with Gasteiger partial charge in [0.1, 0.15) is 17.9 Å². The van der Waals surface area contributed by atoms with Crippen molar-refractivity contribution in [3.8, 4) is 22.9 Å². The Labute approximate surface area is 151 Å². The van der Waals surface area contributed by atoms with Crippen molar-refractivity contribution in [2.24, 2.45) is 5.92 Å². The van der Waals surface area contributed by atoms with Crippen molar-refractivity contribution in [3.63, 3.8) is 0 Å². The molecule has 0 bridgehead atoms. The van der Waals surface area contributed by atoms with E-state index in [1.807, 2.05) is 12.1 Å². The summed E-state index contributed by atoms with van der Waals surface area (Å²) in [6.45, 7) is 4.05. The Morgan fingerprint density at radius 2 is 2.04 bits per heavy atom. The van der Waals surface area contributed by atoms with Gasteiger partial charge in [0.2, 0.25) is 0 Å². The van der Waals surface area contributed by atoms with Crippen LogP contribution in [0.1, 0.15) is 19.4 Å². The van der Waals surface area contributed by atoms with Crippen molar-refractivity contribution in [2.45, 2.75) is 13.8 Å². The number of oxazole rings is 1. The second-order valence-electron chi connectivity index (χ2n) is 5.79. The first-order valence-corrected chi connectivity index (χ1v) is 8.30. The zero-order valence-corrected chi connectivity index (χ0v) is 14.6. The quantitative estimate of drug-likeness (QED) is 0.626. The molecule has 0 radical (unpaired) electrons. The van der Waals surface area contributed by atoms with Crippen LogP contribution in [0.25, 0.3) is 22.2 Å². The van der Waals surface area contributed by atoms with Gasteiger partial charge in [-0.2, -0.15) is 5.26 Å². The van der Waals surface area contributed by atoms with E-state index < -0.39 is 5.92 Å². The standard InChI is InChI=1S/C20H18N2O4/c1-3-24-20(23)13(2)11-25-17-9-8-16-19(26-12-22-16)18(17)15-6-4-14(10-21)5-7-15/h4-9,12-13H,3,11H2,1-2H3. The first-order valence-electron chi connectivity index (χ1n) is 8.30. The van der Waals surface area contributed by atoms with Crippen LogP contribution < -0.4 is 4.74 Å². The molecule has 0 spiro atoms. The molecule has 0 aliphatic rings. The van der Waals surface area contributed by atoms with Crippen LogP contribution in [0.15, 0.2) is 47.2 Å². The second-order valence-corrected chi connectivity index (χ2v) is 5.79. The van der Waals surface area contributed by atoms with Crippen LogP contribution in [0.4, 0.5) is 0 Å². The Bertz CT molecular complexity index is 954. The Balaban J connectivity index is 1.95. The zero-order valence-electron chi connectivity index (χ0n) is 14.6.